The molecule has 2 rings (SSSR count). The highest BCUT2D eigenvalue weighted by molar-refractivity contribution is 9.10. The molecule has 0 aliphatic heterocycles. The van der Waals surface area contributed by atoms with Crippen LogP contribution in [0.15, 0.2) is 47.2 Å². The maximum absolute atomic E-state index is 11.0. The summed E-state index contributed by atoms with van der Waals surface area (Å²) < 4.78 is 6.45. The van der Waals surface area contributed by atoms with Gasteiger partial charge in [-0.2, -0.15) is 0 Å². The van der Waals surface area contributed by atoms with Gasteiger partial charge in [-0.05, 0) is 23.8 Å². The predicted octanol–water partition coefficient (Wildman–Crippen LogP) is 3.12. The molecule has 0 aliphatic rings. The Morgan fingerprint density at radius 2 is 2.00 bits per heavy atom. The Morgan fingerprint density at radius 3 is 2.67 bits per heavy atom. The van der Waals surface area contributed by atoms with Crippen molar-refractivity contribution in [1.29, 1.82) is 0 Å². The molecule has 0 unspecified atom stereocenters. The van der Waals surface area contributed by atoms with Gasteiger partial charge in [-0.1, -0.05) is 28.1 Å². The molecule has 1 aromatic heterocycles. The quantitative estimate of drug-likeness (QED) is 0.943. The monoisotopic (exact) mass is 307 g/mol. The first-order valence-corrected chi connectivity index (χ1v) is 6.00. The zero-order valence-corrected chi connectivity index (χ0v) is 10.9. The predicted molar refractivity (Wildman–Crippen MR) is 69.7 cm³/mol. The van der Waals surface area contributed by atoms with Gasteiger partial charge in [0.2, 0.25) is 0 Å². The van der Waals surface area contributed by atoms with Crippen LogP contribution >= 0.6 is 15.9 Å². The van der Waals surface area contributed by atoms with Crippen molar-refractivity contribution in [2.24, 2.45) is 0 Å². The van der Waals surface area contributed by atoms with E-state index in [2.05, 4.69) is 20.9 Å². The van der Waals surface area contributed by atoms with Gasteiger partial charge >= 0.3 is 5.97 Å². The zero-order valence-electron chi connectivity index (χ0n) is 9.34. The number of halogens is 1. The van der Waals surface area contributed by atoms with E-state index in [0.717, 1.165) is 10.0 Å². The number of carboxylic acids is 1. The molecule has 0 atom stereocenters. The van der Waals surface area contributed by atoms with Crippen molar-refractivity contribution in [2.75, 3.05) is 0 Å². The van der Waals surface area contributed by atoms with Crippen LogP contribution in [-0.4, -0.2) is 16.1 Å². The summed E-state index contributed by atoms with van der Waals surface area (Å²) >= 11 is 3.34. The molecule has 1 aromatic carbocycles. The van der Waals surface area contributed by atoms with Crippen LogP contribution in [0, 0.1) is 0 Å². The molecule has 0 aliphatic carbocycles. The Hall–Kier alpha value is -1.88. The molecular weight excluding hydrogens is 298 g/mol. The third-order valence-electron chi connectivity index (χ3n) is 2.32. The van der Waals surface area contributed by atoms with Crippen molar-refractivity contribution in [3.63, 3.8) is 0 Å². The summed E-state index contributed by atoms with van der Waals surface area (Å²) in [5.74, 6) is -0.754. The first-order chi connectivity index (χ1) is 8.66. The van der Waals surface area contributed by atoms with Crippen LogP contribution in [0.3, 0.4) is 0 Å². The van der Waals surface area contributed by atoms with E-state index in [4.69, 9.17) is 9.84 Å². The molecule has 0 spiro atoms. The minimum Gasteiger partial charge on any atom is -0.486 e. The van der Waals surface area contributed by atoms with E-state index < -0.39 is 5.97 Å². The Kier molecular flexibility index (Phi) is 3.94. The molecule has 1 N–H and O–H groups in total. The molecule has 0 bridgehead atoms. The summed E-state index contributed by atoms with van der Waals surface area (Å²) in [5.41, 5.74) is 1.07. The number of carboxylic acid groups (broad SMARTS) is 1. The number of nitrogens with zero attached hydrogens (tertiary/aromatic N) is 1. The molecule has 2 aromatic rings. The summed E-state index contributed by atoms with van der Waals surface area (Å²) in [4.78, 5) is 14.8. The van der Waals surface area contributed by atoms with Crippen LogP contribution in [0.25, 0.3) is 0 Å². The average Bonchev–Trinajstić information content (AvgIpc) is 2.38. The maximum Gasteiger partial charge on any atom is 0.339 e. The first kappa shape index (κ1) is 12.6. The third kappa shape index (κ3) is 3.07. The van der Waals surface area contributed by atoms with Gasteiger partial charge in [-0.3, -0.25) is 4.98 Å². The van der Waals surface area contributed by atoms with E-state index in [1.165, 1.54) is 18.5 Å². The number of hydrogen-bond donors (Lipinski definition) is 1. The van der Waals surface area contributed by atoms with Crippen molar-refractivity contribution in [3.05, 3.63) is 58.3 Å². The van der Waals surface area contributed by atoms with Crippen molar-refractivity contribution in [2.45, 2.75) is 6.61 Å². The molecule has 5 heteroatoms. The summed E-state index contributed by atoms with van der Waals surface area (Å²) in [6.45, 7) is 0.305. The van der Waals surface area contributed by atoms with E-state index in [1.807, 2.05) is 24.3 Å². The van der Waals surface area contributed by atoms with E-state index >= 15 is 0 Å². The fraction of sp³-hybridized carbons (Fsp3) is 0.0769. The number of aromatic carboxylic acids is 1. The zero-order chi connectivity index (χ0) is 13.0. The van der Waals surface area contributed by atoms with Gasteiger partial charge in [0.15, 0.2) is 5.75 Å². The van der Waals surface area contributed by atoms with Gasteiger partial charge in [0.25, 0.3) is 0 Å². The lowest BCUT2D eigenvalue weighted by Crippen LogP contribution is -2.03. The Balaban J connectivity index is 2.10. The Labute approximate surface area is 112 Å². The molecule has 0 amide bonds. The molecule has 1 heterocycles. The van der Waals surface area contributed by atoms with Gasteiger partial charge < -0.3 is 9.84 Å². The van der Waals surface area contributed by atoms with Gasteiger partial charge in [-0.15, -0.1) is 0 Å². The second-order valence-electron chi connectivity index (χ2n) is 3.59. The topological polar surface area (TPSA) is 59.4 Å². The van der Waals surface area contributed by atoms with Gasteiger partial charge in [0.1, 0.15) is 12.2 Å². The highest BCUT2D eigenvalue weighted by Crippen LogP contribution is 2.18. The van der Waals surface area contributed by atoms with Crippen LogP contribution in [-0.2, 0) is 6.61 Å². The molecule has 92 valence electrons. The van der Waals surface area contributed by atoms with Crippen molar-refractivity contribution in [3.8, 4) is 5.75 Å². The fourth-order valence-electron chi connectivity index (χ4n) is 1.41. The minimum atomic E-state index is -1.02. The smallest absolute Gasteiger partial charge is 0.339 e. The van der Waals surface area contributed by atoms with Crippen LogP contribution in [0.2, 0.25) is 0 Å². The lowest BCUT2D eigenvalue weighted by atomic mass is 10.2. The number of hydrogen-bond acceptors (Lipinski definition) is 3. The Bertz CT molecular complexity index is 554. The van der Waals surface area contributed by atoms with Crippen molar-refractivity contribution >= 4 is 21.9 Å². The molecule has 0 saturated carbocycles. The highest BCUT2D eigenvalue weighted by atomic mass is 79.9. The number of carbonyl (C=O) groups is 1. The largest absolute Gasteiger partial charge is 0.486 e. The number of aromatic nitrogens is 1. The SMILES string of the molecule is O=C(O)c1ccncc1OCc1ccc(Br)cc1. The van der Waals surface area contributed by atoms with E-state index in [0.29, 0.717) is 6.61 Å². The fourth-order valence-corrected chi connectivity index (χ4v) is 1.68. The molecule has 4 nitrogen and oxygen atoms in total. The van der Waals surface area contributed by atoms with Crippen LogP contribution in [0.1, 0.15) is 15.9 Å². The van der Waals surface area contributed by atoms with Crippen LogP contribution < -0.4 is 4.74 Å². The number of ether oxygens (including phenoxy) is 1. The molecular formula is C13H10BrNO3. The van der Waals surface area contributed by atoms with Gasteiger partial charge in [0, 0.05) is 10.7 Å². The van der Waals surface area contributed by atoms with Crippen molar-refractivity contribution < 1.29 is 14.6 Å². The van der Waals surface area contributed by atoms with E-state index in [-0.39, 0.29) is 11.3 Å². The minimum absolute atomic E-state index is 0.113. The molecule has 0 radical (unpaired) electrons. The number of pyridine rings is 1. The third-order valence-corrected chi connectivity index (χ3v) is 2.85. The summed E-state index contributed by atoms with van der Waals surface area (Å²) in [5, 5.41) is 8.99. The van der Waals surface area contributed by atoms with E-state index in [9.17, 15) is 4.79 Å². The Morgan fingerprint density at radius 1 is 1.28 bits per heavy atom. The summed E-state index contributed by atoms with van der Waals surface area (Å²) in [7, 11) is 0. The van der Waals surface area contributed by atoms with Crippen LogP contribution in [0.5, 0.6) is 5.75 Å². The molecule has 18 heavy (non-hydrogen) atoms. The second kappa shape index (κ2) is 5.64. The standard InChI is InChI=1S/C13H10BrNO3/c14-10-3-1-9(2-4-10)8-18-12-7-15-6-5-11(12)13(16)17/h1-7H,8H2,(H,16,17). The average molecular weight is 308 g/mol. The van der Waals surface area contributed by atoms with Gasteiger partial charge in [0.05, 0.1) is 6.20 Å². The normalized spacial score (nSPS) is 10.1. The summed E-state index contributed by atoms with van der Waals surface area (Å²) in [6.07, 6.45) is 2.83. The van der Waals surface area contributed by atoms with Crippen LogP contribution in [0.4, 0.5) is 0 Å². The number of rotatable bonds is 4. The molecule has 0 fully saturated rings. The maximum atomic E-state index is 11.0. The molecule has 0 saturated heterocycles. The van der Waals surface area contributed by atoms with Crippen molar-refractivity contribution in [1.82, 2.24) is 4.98 Å². The first-order valence-electron chi connectivity index (χ1n) is 5.21. The summed E-state index contributed by atoms with van der Waals surface area (Å²) in [6, 6.07) is 9.03. The highest BCUT2D eigenvalue weighted by Gasteiger charge is 2.10. The van der Waals surface area contributed by atoms with E-state index in [1.54, 1.807) is 0 Å². The lowest BCUT2D eigenvalue weighted by molar-refractivity contribution is 0.0691. The number of benzene rings is 1. The lowest BCUT2D eigenvalue weighted by Gasteiger charge is -2.08. The second-order valence-corrected chi connectivity index (χ2v) is 4.51. The van der Waals surface area contributed by atoms with Gasteiger partial charge in [-0.25, -0.2) is 4.79 Å².